The van der Waals surface area contributed by atoms with Gasteiger partial charge < -0.3 is 5.32 Å². The van der Waals surface area contributed by atoms with Gasteiger partial charge in [-0.2, -0.15) is 0 Å². The second kappa shape index (κ2) is 5.95. The van der Waals surface area contributed by atoms with Crippen LogP contribution in [-0.4, -0.2) is 12.3 Å². The van der Waals surface area contributed by atoms with Gasteiger partial charge in [0.2, 0.25) is 0 Å². The molecule has 1 aromatic rings. The molecule has 1 fully saturated rings. The van der Waals surface area contributed by atoms with Gasteiger partial charge in [-0.3, -0.25) is 0 Å². The summed E-state index contributed by atoms with van der Waals surface area (Å²) in [6.07, 6.45) is 5.49. The van der Waals surface area contributed by atoms with E-state index in [-0.39, 0.29) is 0 Å². The summed E-state index contributed by atoms with van der Waals surface area (Å²) in [6.45, 7) is 0.856. The van der Waals surface area contributed by atoms with Gasteiger partial charge >= 0.3 is 0 Å². The van der Waals surface area contributed by atoms with Crippen LogP contribution in [0, 0.1) is 0 Å². The third-order valence-electron chi connectivity index (χ3n) is 3.03. The molecule has 16 heavy (non-hydrogen) atoms. The number of hydrogen-bond acceptors (Lipinski definition) is 2. The Hall–Kier alpha value is -0.180. The first-order chi connectivity index (χ1) is 7.81. The summed E-state index contributed by atoms with van der Waals surface area (Å²) in [5.41, 5.74) is 1.25. The minimum atomic E-state index is 0.800. The molecule has 1 aliphatic rings. The van der Waals surface area contributed by atoms with Crippen LogP contribution in [0.25, 0.3) is 0 Å². The molecule has 0 bridgehead atoms. The SMILES string of the molecule is CNCc1c(Cl)cccc1SC1CCCC1. The van der Waals surface area contributed by atoms with Crippen LogP contribution < -0.4 is 5.32 Å². The van der Waals surface area contributed by atoms with E-state index in [2.05, 4.69) is 17.4 Å². The highest BCUT2D eigenvalue weighted by atomic mass is 35.5. The van der Waals surface area contributed by atoms with Gasteiger partial charge in [-0.25, -0.2) is 0 Å². The summed E-state index contributed by atoms with van der Waals surface area (Å²) in [6, 6.07) is 6.23. The van der Waals surface area contributed by atoms with Crippen LogP contribution >= 0.6 is 23.4 Å². The summed E-state index contributed by atoms with van der Waals surface area (Å²) in [5.74, 6) is 0. The molecule has 88 valence electrons. The molecule has 0 unspecified atom stereocenters. The molecule has 0 aliphatic heterocycles. The highest BCUT2D eigenvalue weighted by molar-refractivity contribution is 8.00. The molecular weight excluding hydrogens is 238 g/mol. The van der Waals surface area contributed by atoms with E-state index in [0.29, 0.717) is 0 Å². The van der Waals surface area contributed by atoms with E-state index >= 15 is 0 Å². The van der Waals surface area contributed by atoms with Crippen molar-refractivity contribution in [1.82, 2.24) is 5.32 Å². The Morgan fingerprint density at radius 2 is 2.12 bits per heavy atom. The Morgan fingerprint density at radius 1 is 1.38 bits per heavy atom. The van der Waals surface area contributed by atoms with E-state index in [0.717, 1.165) is 16.8 Å². The highest BCUT2D eigenvalue weighted by Gasteiger charge is 2.18. The minimum absolute atomic E-state index is 0.800. The van der Waals surface area contributed by atoms with Gasteiger partial charge in [-0.1, -0.05) is 30.5 Å². The van der Waals surface area contributed by atoms with E-state index in [1.807, 2.05) is 24.9 Å². The maximum absolute atomic E-state index is 6.24. The predicted molar refractivity (Wildman–Crippen MR) is 72.3 cm³/mol. The lowest BCUT2D eigenvalue weighted by Gasteiger charge is -2.14. The van der Waals surface area contributed by atoms with Gasteiger partial charge in [-0.15, -0.1) is 11.8 Å². The van der Waals surface area contributed by atoms with Crippen LogP contribution in [-0.2, 0) is 6.54 Å². The van der Waals surface area contributed by atoms with Crippen LogP contribution in [0.5, 0.6) is 0 Å². The molecule has 0 spiro atoms. The van der Waals surface area contributed by atoms with Gasteiger partial charge in [0.1, 0.15) is 0 Å². The van der Waals surface area contributed by atoms with Crippen molar-refractivity contribution in [2.24, 2.45) is 0 Å². The molecule has 0 amide bonds. The Balaban J connectivity index is 2.14. The first kappa shape index (κ1) is 12.3. The highest BCUT2D eigenvalue weighted by Crippen LogP contribution is 2.37. The molecule has 0 heterocycles. The number of hydrogen-bond donors (Lipinski definition) is 1. The molecule has 0 aromatic heterocycles. The Morgan fingerprint density at radius 3 is 2.81 bits per heavy atom. The van der Waals surface area contributed by atoms with Gasteiger partial charge in [0.25, 0.3) is 0 Å². The average molecular weight is 256 g/mol. The molecular formula is C13H18ClNS. The standard InChI is InChI=1S/C13H18ClNS/c1-15-9-11-12(14)7-4-8-13(11)16-10-5-2-3-6-10/h4,7-8,10,15H,2-3,5-6,9H2,1H3. The second-order valence-corrected chi connectivity index (χ2v) is 6.02. The zero-order chi connectivity index (χ0) is 11.4. The van der Waals surface area contributed by atoms with Gasteiger partial charge in [0.15, 0.2) is 0 Å². The lowest BCUT2D eigenvalue weighted by molar-refractivity contribution is 0.802. The smallest absolute Gasteiger partial charge is 0.0462 e. The van der Waals surface area contributed by atoms with E-state index in [4.69, 9.17) is 11.6 Å². The molecule has 1 nitrogen and oxygen atoms in total. The molecule has 0 saturated heterocycles. The predicted octanol–water partition coefficient (Wildman–Crippen LogP) is 4.09. The van der Waals surface area contributed by atoms with Crippen molar-refractivity contribution in [1.29, 1.82) is 0 Å². The molecule has 1 aromatic carbocycles. The molecule has 1 N–H and O–H groups in total. The number of rotatable bonds is 4. The topological polar surface area (TPSA) is 12.0 Å². The van der Waals surface area contributed by atoms with Gasteiger partial charge in [-0.05, 0) is 37.6 Å². The maximum atomic E-state index is 6.24. The Bertz CT molecular complexity index is 348. The molecule has 1 aliphatic carbocycles. The average Bonchev–Trinajstić information content (AvgIpc) is 2.76. The second-order valence-electron chi connectivity index (χ2n) is 4.27. The fourth-order valence-corrected chi connectivity index (χ4v) is 3.89. The lowest BCUT2D eigenvalue weighted by Crippen LogP contribution is -2.07. The van der Waals surface area contributed by atoms with Crippen LogP contribution in [0.1, 0.15) is 31.2 Å². The summed E-state index contributed by atoms with van der Waals surface area (Å²) in [4.78, 5) is 1.36. The van der Waals surface area contributed by atoms with Crippen molar-refractivity contribution in [3.05, 3.63) is 28.8 Å². The number of thioether (sulfide) groups is 1. The monoisotopic (exact) mass is 255 g/mol. The van der Waals surface area contributed by atoms with Gasteiger partial charge in [0, 0.05) is 21.7 Å². The van der Waals surface area contributed by atoms with Crippen LogP contribution in [0.3, 0.4) is 0 Å². The normalized spacial score (nSPS) is 16.9. The van der Waals surface area contributed by atoms with Crippen LogP contribution in [0.2, 0.25) is 5.02 Å². The van der Waals surface area contributed by atoms with E-state index < -0.39 is 0 Å². The lowest BCUT2D eigenvalue weighted by atomic mass is 10.2. The summed E-state index contributed by atoms with van der Waals surface area (Å²) < 4.78 is 0. The largest absolute Gasteiger partial charge is 0.316 e. The van der Waals surface area contributed by atoms with Crippen molar-refractivity contribution in [2.45, 2.75) is 42.4 Å². The third kappa shape index (κ3) is 2.93. The zero-order valence-corrected chi connectivity index (χ0v) is 11.2. The molecule has 2 rings (SSSR count). The van der Waals surface area contributed by atoms with E-state index in [1.54, 1.807) is 0 Å². The van der Waals surface area contributed by atoms with Crippen molar-refractivity contribution >= 4 is 23.4 Å². The zero-order valence-electron chi connectivity index (χ0n) is 9.63. The quantitative estimate of drug-likeness (QED) is 0.870. The third-order valence-corrected chi connectivity index (χ3v) is 4.82. The Kier molecular flexibility index (Phi) is 4.56. The summed E-state index contributed by atoms with van der Waals surface area (Å²) >= 11 is 8.25. The van der Waals surface area contributed by atoms with Crippen LogP contribution in [0.15, 0.2) is 23.1 Å². The summed E-state index contributed by atoms with van der Waals surface area (Å²) in [7, 11) is 1.97. The van der Waals surface area contributed by atoms with Crippen molar-refractivity contribution < 1.29 is 0 Å². The first-order valence-corrected chi connectivity index (χ1v) is 7.15. The Labute approximate surface area is 107 Å². The fourth-order valence-electron chi connectivity index (χ4n) is 2.18. The number of nitrogens with one attached hydrogen (secondary N) is 1. The first-order valence-electron chi connectivity index (χ1n) is 5.90. The van der Waals surface area contributed by atoms with Crippen molar-refractivity contribution in [3.8, 4) is 0 Å². The van der Waals surface area contributed by atoms with Gasteiger partial charge in [0.05, 0.1) is 0 Å². The molecule has 0 atom stereocenters. The molecule has 3 heteroatoms. The summed E-state index contributed by atoms with van der Waals surface area (Å²) in [5, 5.41) is 4.88. The minimum Gasteiger partial charge on any atom is -0.316 e. The maximum Gasteiger partial charge on any atom is 0.0462 e. The van der Waals surface area contributed by atoms with Crippen LogP contribution in [0.4, 0.5) is 0 Å². The van der Waals surface area contributed by atoms with Crippen molar-refractivity contribution in [3.63, 3.8) is 0 Å². The number of halogens is 1. The van der Waals surface area contributed by atoms with E-state index in [1.165, 1.54) is 36.1 Å². The van der Waals surface area contributed by atoms with Crippen molar-refractivity contribution in [2.75, 3.05) is 7.05 Å². The van der Waals surface area contributed by atoms with E-state index in [9.17, 15) is 0 Å². The number of benzene rings is 1. The fraction of sp³-hybridized carbons (Fsp3) is 0.538. The molecule has 1 saturated carbocycles. The molecule has 0 radical (unpaired) electrons.